The summed E-state index contributed by atoms with van der Waals surface area (Å²) in [5.41, 5.74) is 3.22. The third-order valence-electron chi connectivity index (χ3n) is 4.81. The Kier molecular flexibility index (Phi) is 4.65. The number of nitrogens with zero attached hydrogens (tertiary/aromatic N) is 3. The van der Waals surface area contributed by atoms with E-state index in [2.05, 4.69) is 15.5 Å². The fourth-order valence-corrected chi connectivity index (χ4v) is 3.37. The Balaban J connectivity index is 1.47. The van der Waals surface area contributed by atoms with Crippen LogP contribution in [-0.2, 0) is 9.59 Å². The number of carbonyl (C=O) groups is 2. The number of benzene rings is 2. The van der Waals surface area contributed by atoms with Crippen LogP contribution in [0.5, 0.6) is 0 Å². The molecule has 1 N–H and O–H groups in total. The summed E-state index contributed by atoms with van der Waals surface area (Å²) in [6, 6.07) is 14.9. The van der Waals surface area contributed by atoms with E-state index in [1.54, 1.807) is 24.0 Å². The molecule has 0 unspecified atom stereocenters. The van der Waals surface area contributed by atoms with Crippen molar-refractivity contribution in [1.82, 2.24) is 10.1 Å². The molecule has 1 aliphatic rings. The third kappa shape index (κ3) is 3.51. The summed E-state index contributed by atoms with van der Waals surface area (Å²) >= 11 is 0. The molecule has 28 heavy (non-hydrogen) atoms. The number of hydrogen-bond donors (Lipinski definition) is 1. The van der Waals surface area contributed by atoms with Crippen LogP contribution in [-0.4, -0.2) is 28.5 Å². The van der Waals surface area contributed by atoms with Gasteiger partial charge in [-0.15, -0.1) is 0 Å². The van der Waals surface area contributed by atoms with Crippen molar-refractivity contribution in [3.05, 3.63) is 59.9 Å². The molecule has 1 aromatic heterocycles. The number of aromatic nitrogens is 2. The normalized spacial score (nSPS) is 16.4. The van der Waals surface area contributed by atoms with Crippen LogP contribution in [0.2, 0.25) is 0 Å². The Morgan fingerprint density at radius 3 is 2.75 bits per heavy atom. The molecule has 3 aromatic rings. The maximum Gasteiger partial charge on any atom is 0.257 e. The van der Waals surface area contributed by atoms with Gasteiger partial charge in [-0.25, -0.2) is 0 Å². The van der Waals surface area contributed by atoms with Crippen LogP contribution in [0, 0.1) is 19.8 Å². The van der Waals surface area contributed by atoms with Gasteiger partial charge in [-0.2, -0.15) is 4.98 Å². The van der Waals surface area contributed by atoms with E-state index >= 15 is 0 Å². The van der Waals surface area contributed by atoms with Crippen LogP contribution in [0.15, 0.2) is 53.1 Å². The number of amides is 2. The Labute approximate surface area is 162 Å². The second-order valence-corrected chi connectivity index (χ2v) is 6.91. The molecular weight excluding hydrogens is 356 g/mol. The van der Waals surface area contributed by atoms with Crippen molar-refractivity contribution in [1.29, 1.82) is 0 Å². The van der Waals surface area contributed by atoms with Gasteiger partial charge in [-0.05, 0) is 43.7 Å². The zero-order valence-electron chi connectivity index (χ0n) is 15.7. The van der Waals surface area contributed by atoms with Crippen LogP contribution in [0.25, 0.3) is 11.5 Å². The molecule has 1 saturated heterocycles. The minimum absolute atomic E-state index is 0.0375. The summed E-state index contributed by atoms with van der Waals surface area (Å²) in [5, 5.41) is 6.68. The van der Waals surface area contributed by atoms with Crippen molar-refractivity contribution in [2.45, 2.75) is 20.3 Å². The number of rotatable bonds is 4. The average Bonchev–Trinajstić information content (AvgIpc) is 3.28. The van der Waals surface area contributed by atoms with Crippen molar-refractivity contribution in [2.24, 2.45) is 5.92 Å². The lowest BCUT2D eigenvalue weighted by atomic mass is 10.1. The minimum Gasteiger partial charge on any atom is -0.334 e. The molecule has 0 bridgehead atoms. The highest BCUT2D eigenvalue weighted by Gasteiger charge is 2.35. The quantitative estimate of drug-likeness (QED) is 0.754. The van der Waals surface area contributed by atoms with Crippen LogP contribution < -0.4 is 10.2 Å². The van der Waals surface area contributed by atoms with E-state index in [4.69, 9.17) is 4.52 Å². The van der Waals surface area contributed by atoms with Crippen molar-refractivity contribution in [3.63, 3.8) is 0 Å². The highest BCUT2D eigenvalue weighted by Crippen LogP contribution is 2.29. The maximum atomic E-state index is 12.7. The number of para-hydroxylation sites is 1. The number of anilines is 2. The molecule has 1 fully saturated rings. The Morgan fingerprint density at radius 2 is 2.00 bits per heavy atom. The molecule has 1 aliphatic heterocycles. The average molecular weight is 376 g/mol. The maximum absolute atomic E-state index is 12.7. The molecule has 0 radical (unpaired) electrons. The second kappa shape index (κ2) is 7.26. The molecular formula is C21H20N4O3. The first-order chi connectivity index (χ1) is 13.5. The molecule has 2 heterocycles. The molecule has 7 heteroatoms. The highest BCUT2D eigenvalue weighted by molar-refractivity contribution is 6.04. The summed E-state index contributed by atoms with van der Waals surface area (Å²) in [6.07, 6.45) is 0.197. The van der Waals surface area contributed by atoms with Crippen molar-refractivity contribution in [2.75, 3.05) is 16.8 Å². The highest BCUT2D eigenvalue weighted by atomic mass is 16.5. The van der Waals surface area contributed by atoms with E-state index in [-0.39, 0.29) is 18.2 Å². The molecule has 142 valence electrons. The van der Waals surface area contributed by atoms with E-state index < -0.39 is 5.92 Å². The van der Waals surface area contributed by atoms with Gasteiger partial charge in [0.1, 0.15) is 0 Å². The monoisotopic (exact) mass is 376 g/mol. The molecule has 2 amide bonds. The van der Waals surface area contributed by atoms with Gasteiger partial charge in [0.15, 0.2) is 5.82 Å². The summed E-state index contributed by atoms with van der Waals surface area (Å²) in [7, 11) is 0. The first-order valence-electron chi connectivity index (χ1n) is 9.09. The molecule has 0 aliphatic carbocycles. The van der Waals surface area contributed by atoms with Crippen LogP contribution in [0.1, 0.15) is 17.8 Å². The second-order valence-electron chi connectivity index (χ2n) is 6.91. The van der Waals surface area contributed by atoms with Crippen molar-refractivity contribution < 1.29 is 14.1 Å². The van der Waals surface area contributed by atoms with Gasteiger partial charge in [0.25, 0.3) is 5.89 Å². The molecule has 7 nitrogen and oxygen atoms in total. The summed E-state index contributed by atoms with van der Waals surface area (Å²) < 4.78 is 5.17. The van der Waals surface area contributed by atoms with Crippen LogP contribution >= 0.6 is 0 Å². The summed E-state index contributed by atoms with van der Waals surface area (Å²) in [4.78, 5) is 31.1. The first kappa shape index (κ1) is 17.9. The zero-order valence-corrected chi connectivity index (χ0v) is 15.7. The predicted octanol–water partition coefficient (Wildman–Crippen LogP) is 3.35. The predicted molar refractivity (Wildman–Crippen MR) is 105 cm³/mol. The standard InChI is InChI=1S/C21H20N4O3/c1-13-6-3-4-9-18(13)25-12-16(11-19(25)26)20(27)23-17-8-5-7-15(10-17)21-22-14(2)24-28-21/h3-10,16H,11-12H2,1-2H3,(H,23,27)/t16-/m0/s1. The van der Waals surface area contributed by atoms with Gasteiger partial charge >= 0.3 is 0 Å². The smallest absolute Gasteiger partial charge is 0.257 e. The first-order valence-corrected chi connectivity index (χ1v) is 9.09. The van der Waals surface area contributed by atoms with Gasteiger partial charge < -0.3 is 14.7 Å². The fourth-order valence-electron chi connectivity index (χ4n) is 3.37. The van der Waals surface area contributed by atoms with E-state index in [1.165, 1.54) is 0 Å². The zero-order chi connectivity index (χ0) is 19.7. The van der Waals surface area contributed by atoms with Crippen LogP contribution in [0.4, 0.5) is 11.4 Å². The lowest BCUT2D eigenvalue weighted by Gasteiger charge is -2.19. The molecule has 4 rings (SSSR count). The lowest BCUT2D eigenvalue weighted by molar-refractivity contribution is -0.122. The van der Waals surface area contributed by atoms with E-state index in [0.717, 1.165) is 16.8 Å². The Hall–Kier alpha value is -3.48. The topological polar surface area (TPSA) is 88.3 Å². The number of carbonyl (C=O) groups excluding carboxylic acids is 2. The van der Waals surface area contributed by atoms with E-state index in [1.807, 2.05) is 43.3 Å². The number of nitrogens with one attached hydrogen (secondary N) is 1. The van der Waals surface area contributed by atoms with Gasteiger partial charge in [-0.3, -0.25) is 9.59 Å². The van der Waals surface area contributed by atoms with Gasteiger partial charge in [0, 0.05) is 29.9 Å². The van der Waals surface area contributed by atoms with Crippen LogP contribution in [0.3, 0.4) is 0 Å². The number of aryl methyl sites for hydroxylation is 2. The lowest BCUT2D eigenvalue weighted by Crippen LogP contribution is -2.28. The largest absolute Gasteiger partial charge is 0.334 e. The Morgan fingerprint density at radius 1 is 1.18 bits per heavy atom. The summed E-state index contributed by atoms with van der Waals surface area (Å²) in [6.45, 7) is 4.08. The SMILES string of the molecule is Cc1noc(-c2cccc(NC(=O)[C@H]3CC(=O)N(c4ccccc4C)C3)c2)n1. The van der Waals surface area contributed by atoms with Gasteiger partial charge in [0.2, 0.25) is 11.8 Å². The van der Waals surface area contributed by atoms with Crippen molar-refractivity contribution >= 4 is 23.2 Å². The van der Waals surface area contributed by atoms with E-state index in [0.29, 0.717) is 23.9 Å². The molecule has 0 saturated carbocycles. The molecule has 2 aromatic carbocycles. The number of hydrogen-bond acceptors (Lipinski definition) is 5. The van der Waals surface area contributed by atoms with E-state index in [9.17, 15) is 9.59 Å². The van der Waals surface area contributed by atoms with Gasteiger partial charge in [-0.1, -0.05) is 29.4 Å². The fraction of sp³-hybridized carbons (Fsp3) is 0.238. The molecule has 0 spiro atoms. The summed E-state index contributed by atoms with van der Waals surface area (Å²) in [5.74, 6) is 0.329. The minimum atomic E-state index is -0.401. The molecule has 1 atom stereocenters. The van der Waals surface area contributed by atoms with Crippen molar-refractivity contribution in [3.8, 4) is 11.5 Å². The van der Waals surface area contributed by atoms with Gasteiger partial charge in [0.05, 0.1) is 5.92 Å². The third-order valence-corrected chi connectivity index (χ3v) is 4.81. The Bertz CT molecular complexity index is 1040.